The summed E-state index contributed by atoms with van der Waals surface area (Å²) in [6, 6.07) is -0.936. The van der Waals surface area contributed by atoms with Crippen molar-refractivity contribution in [2.75, 3.05) is 19.8 Å². The molecule has 9 N–H and O–H groups in total. The third kappa shape index (κ3) is 28.1. The summed E-state index contributed by atoms with van der Waals surface area (Å²) in [7, 11) is 0. The van der Waals surface area contributed by atoms with Crippen molar-refractivity contribution < 1.29 is 64.6 Å². The quantitative estimate of drug-likeness (QED) is 0.0209. The van der Waals surface area contributed by atoms with Crippen LogP contribution in [0.1, 0.15) is 200 Å². The number of hydrogen-bond donors (Lipinski definition) is 9. The SMILES string of the molecule is CCCCC/C=C\C/C=C\CCCCCCCCCC(=O)NC(COC1OC(CO)C(OC2OC(CO)C(O)C(O)C2O)C(O)C1O)C(O)/C=C/CC/C=C/CCCCCCCCCCCCCC. The van der Waals surface area contributed by atoms with Crippen molar-refractivity contribution in [3.63, 3.8) is 0 Å². The second kappa shape index (κ2) is 41.4. The number of allylic oxidation sites excluding steroid dienone is 7. The Kier molecular flexibility index (Phi) is 37.9. The molecule has 0 aromatic rings. The Bertz CT molecular complexity index is 1340. The van der Waals surface area contributed by atoms with E-state index in [1.54, 1.807) is 6.08 Å². The van der Waals surface area contributed by atoms with Gasteiger partial charge in [0.25, 0.3) is 0 Å². The Labute approximate surface area is 416 Å². The van der Waals surface area contributed by atoms with Crippen LogP contribution in [0, 0.1) is 0 Å². The molecule has 0 bridgehead atoms. The molecule has 14 nitrogen and oxygen atoms in total. The van der Waals surface area contributed by atoms with Crippen LogP contribution in [0.3, 0.4) is 0 Å². The molecule has 2 aliphatic heterocycles. The smallest absolute Gasteiger partial charge is 0.220 e. The zero-order chi connectivity index (χ0) is 50.3. The van der Waals surface area contributed by atoms with Crippen LogP contribution < -0.4 is 5.32 Å². The van der Waals surface area contributed by atoms with Gasteiger partial charge in [0.15, 0.2) is 12.6 Å². The van der Waals surface area contributed by atoms with E-state index in [1.165, 1.54) is 116 Å². The Morgan fingerprint density at radius 3 is 1.54 bits per heavy atom. The molecule has 2 heterocycles. The number of unbranched alkanes of at least 4 members (excludes halogenated alkanes) is 23. The standard InChI is InChI=1S/C55H99NO13/c1-3-5-7-9-11-13-15-17-19-21-23-24-26-28-30-32-34-36-38-44(59)43(56-47(60)39-37-35-33-31-29-27-25-22-20-18-16-14-12-10-8-6-4-2)42-66-54-52(65)50(63)53(46(41-58)68-54)69-55-51(64)49(62)48(61)45(40-57)67-55/h12,14,18,20,28,30,36,38,43-46,48-55,57-59,61-65H,3-11,13,15-17,19,21-27,29,31-35,37,39-42H2,1-2H3,(H,56,60)/b14-12-,20-18-,30-28+,38-36+. The second-order valence-corrected chi connectivity index (χ2v) is 19.3. The fourth-order valence-electron chi connectivity index (χ4n) is 8.75. The molecule has 1 amide bonds. The molecule has 12 unspecified atom stereocenters. The Morgan fingerprint density at radius 2 is 0.971 bits per heavy atom. The minimum Gasteiger partial charge on any atom is -0.394 e. The summed E-state index contributed by atoms with van der Waals surface area (Å²) in [6.45, 7) is 2.74. The van der Waals surface area contributed by atoms with Gasteiger partial charge in [-0.15, -0.1) is 0 Å². The van der Waals surface area contributed by atoms with Crippen LogP contribution >= 0.6 is 0 Å². The predicted molar refractivity (Wildman–Crippen MR) is 272 cm³/mol. The lowest BCUT2D eigenvalue weighted by Crippen LogP contribution is -2.65. The van der Waals surface area contributed by atoms with Gasteiger partial charge in [-0.05, 0) is 64.2 Å². The van der Waals surface area contributed by atoms with E-state index in [1.807, 2.05) is 6.08 Å². The molecule has 2 saturated heterocycles. The highest BCUT2D eigenvalue weighted by molar-refractivity contribution is 5.76. The van der Waals surface area contributed by atoms with E-state index < -0.39 is 86.8 Å². The first-order valence-electron chi connectivity index (χ1n) is 27.4. The molecule has 2 aliphatic rings. The molecule has 12 atom stereocenters. The molecule has 402 valence electrons. The molecule has 69 heavy (non-hydrogen) atoms. The van der Waals surface area contributed by atoms with Crippen LogP contribution in [0.4, 0.5) is 0 Å². The number of carbonyl (C=O) groups excluding carboxylic acids is 1. The van der Waals surface area contributed by atoms with Crippen LogP contribution in [-0.2, 0) is 23.7 Å². The number of amides is 1. The summed E-state index contributed by atoms with van der Waals surface area (Å²) < 4.78 is 22.7. The van der Waals surface area contributed by atoms with Crippen molar-refractivity contribution in [1.82, 2.24) is 5.32 Å². The van der Waals surface area contributed by atoms with Gasteiger partial charge in [0.2, 0.25) is 5.91 Å². The van der Waals surface area contributed by atoms with Crippen LogP contribution in [0.15, 0.2) is 48.6 Å². The molecule has 0 saturated carbocycles. The van der Waals surface area contributed by atoms with Gasteiger partial charge >= 0.3 is 0 Å². The van der Waals surface area contributed by atoms with E-state index in [4.69, 9.17) is 18.9 Å². The number of ether oxygens (including phenoxy) is 4. The van der Waals surface area contributed by atoms with E-state index in [0.717, 1.165) is 51.4 Å². The molecule has 0 aliphatic carbocycles. The Hall–Kier alpha value is -2.05. The van der Waals surface area contributed by atoms with Crippen molar-refractivity contribution in [3.8, 4) is 0 Å². The zero-order valence-corrected chi connectivity index (χ0v) is 42.8. The van der Waals surface area contributed by atoms with E-state index >= 15 is 0 Å². The highest BCUT2D eigenvalue weighted by Crippen LogP contribution is 2.30. The molecular formula is C55H99NO13. The van der Waals surface area contributed by atoms with Crippen LogP contribution in [0.25, 0.3) is 0 Å². The van der Waals surface area contributed by atoms with Crippen LogP contribution in [0.2, 0.25) is 0 Å². The first-order chi connectivity index (χ1) is 33.6. The van der Waals surface area contributed by atoms with Gasteiger partial charge in [0.1, 0.15) is 48.8 Å². The largest absolute Gasteiger partial charge is 0.394 e. The Morgan fingerprint density at radius 1 is 0.522 bits per heavy atom. The highest BCUT2D eigenvalue weighted by Gasteiger charge is 2.51. The van der Waals surface area contributed by atoms with Crippen molar-refractivity contribution in [3.05, 3.63) is 48.6 Å². The minimum atomic E-state index is -1.79. The molecule has 2 rings (SSSR count). The third-order valence-corrected chi connectivity index (χ3v) is 13.2. The van der Waals surface area contributed by atoms with E-state index in [0.29, 0.717) is 12.8 Å². The van der Waals surface area contributed by atoms with Gasteiger partial charge in [0, 0.05) is 6.42 Å². The monoisotopic (exact) mass is 982 g/mol. The number of aliphatic hydroxyl groups is 8. The molecule has 0 aromatic carbocycles. The maximum atomic E-state index is 13.2. The first-order valence-corrected chi connectivity index (χ1v) is 27.4. The van der Waals surface area contributed by atoms with E-state index in [-0.39, 0.29) is 18.9 Å². The molecular weight excluding hydrogens is 883 g/mol. The van der Waals surface area contributed by atoms with Crippen LogP contribution in [0.5, 0.6) is 0 Å². The summed E-state index contributed by atoms with van der Waals surface area (Å²) in [6.07, 6.45) is 32.9. The fourth-order valence-corrected chi connectivity index (χ4v) is 8.75. The molecule has 2 fully saturated rings. The van der Waals surface area contributed by atoms with Gasteiger partial charge in [0.05, 0.1) is 32.0 Å². The lowest BCUT2D eigenvalue weighted by molar-refractivity contribution is -0.359. The first kappa shape index (κ1) is 63.1. The van der Waals surface area contributed by atoms with Gasteiger partial charge < -0.3 is 65.1 Å². The van der Waals surface area contributed by atoms with Gasteiger partial charge in [-0.3, -0.25) is 4.79 Å². The maximum absolute atomic E-state index is 13.2. The van der Waals surface area contributed by atoms with Crippen molar-refractivity contribution in [2.24, 2.45) is 0 Å². The lowest BCUT2D eigenvalue weighted by Gasteiger charge is -2.46. The molecule has 0 radical (unpaired) electrons. The fraction of sp³-hybridized carbons (Fsp3) is 0.836. The molecule has 0 aromatic heterocycles. The molecule has 0 spiro atoms. The van der Waals surface area contributed by atoms with Crippen LogP contribution in [-0.4, -0.2) is 140 Å². The number of hydrogen-bond acceptors (Lipinski definition) is 13. The van der Waals surface area contributed by atoms with E-state index in [2.05, 4.69) is 55.6 Å². The normalized spacial score (nSPS) is 26.5. The summed E-state index contributed by atoms with van der Waals surface area (Å²) in [5.74, 6) is -0.259. The van der Waals surface area contributed by atoms with Gasteiger partial charge in [-0.2, -0.15) is 0 Å². The topological polar surface area (TPSA) is 228 Å². The predicted octanol–water partition coefficient (Wildman–Crippen LogP) is 8.05. The van der Waals surface area contributed by atoms with Gasteiger partial charge in [-0.1, -0.05) is 178 Å². The average molecular weight is 982 g/mol. The Balaban J connectivity index is 1.84. The minimum absolute atomic E-state index is 0.259. The average Bonchev–Trinajstić information content (AvgIpc) is 3.35. The number of nitrogens with one attached hydrogen (secondary N) is 1. The summed E-state index contributed by atoms with van der Waals surface area (Å²) in [4.78, 5) is 13.2. The lowest BCUT2D eigenvalue weighted by atomic mass is 9.97. The highest BCUT2D eigenvalue weighted by atomic mass is 16.7. The maximum Gasteiger partial charge on any atom is 0.220 e. The van der Waals surface area contributed by atoms with Crippen molar-refractivity contribution in [1.29, 1.82) is 0 Å². The second-order valence-electron chi connectivity index (χ2n) is 19.3. The summed E-state index contributed by atoms with van der Waals surface area (Å²) >= 11 is 0. The molecule has 14 heteroatoms. The van der Waals surface area contributed by atoms with Gasteiger partial charge in [-0.25, -0.2) is 0 Å². The number of aliphatic hydroxyl groups excluding tert-OH is 8. The summed E-state index contributed by atoms with van der Waals surface area (Å²) in [5.41, 5.74) is 0. The summed E-state index contributed by atoms with van der Waals surface area (Å²) in [5, 5.41) is 86.9. The van der Waals surface area contributed by atoms with Crippen molar-refractivity contribution >= 4 is 5.91 Å². The number of carbonyl (C=O) groups is 1. The zero-order valence-electron chi connectivity index (χ0n) is 42.8. The third-order valence-electron chi connectivity index (χ3n) is 13.2. The van der Waals surface area contributed by atoms with Crippen molar-refractivity contribution in [2.45, 2.75) is 274 Å². The number of rotatable bonds is 42. The van der Waals surface area contributed by atoms with E-state index in [9.17, 15) is 45.6 Å².